The van der Waals surface area contributed by atoms with Crippen molar-refractivity contribution in [1.82, 2.24) is 10.7 Å². The Morgan fingerprint density at radius 1 is 1.67 bits per heavy atom. The number of hydrogen-bond donors (Lipinski definition) is 3. The van der Waals surface area contributed by atoms with Crippen molar-refractivity contribution in [3.8, 4) is 5.75 Å². The van der Waals surface area contributed by atoms with Gasteiger partial charge in [0.25, 0.3) is 5.69 Å². The van der Waals surface area contributed by atoms with Gasteiger partial charge in [-0.15, -0.1) is 0 Å². The molecule has 1 aromatic carbocycles. The minimum absolute atomic E-state index is 0.0729. The van der Waals surface area contributed by atoms with Crippen LogP contribution in [0.5, 0.6) is 5.75 Å². The van der Waals surface area contributed by atoms with E-state index in [1.807, 2.05) is 6.92 Å². The molecule has 18 heavy (non-hydrogen) atoms. The van der Waals surface area contributed by atoms with Crippen LogP contribution in [0.3, 0.4) is 0 Å². The number of hydrazone groups is 1. The van der Waals surface area contributed by atoms with Crippen molar-refractivity contribution in [2.24, 2.45) is 5.10 Å². The third-order valence-electron chi connectivity index (χ3n) is 1.91. The molecule has 96 valence electrons. The molecule has 0 unspecified atom stereocenters. The molecule has 0 amide bonds. The Morgan fingerprint density at radius 2 is 2.39 bits per heavy atom. The first-order valence-electron chi connectivity index (χ1n) is 5.09. The van der Waals surface area contributed by atoms with E-state index < -0.39 is 4.92 Å². The van der Waals surface area contributed by atoms with Crippen molar-refractivity contribution >= 4 is 29.2 Å². The molecule has 0 aromatic heterocycles. The lowest BCUT2D eigenvalue weighted by Gasteiger charge is -2.03. The van der Waals surface area contributed by atoms with Gasteiger partial charge in [0.2, 0.25) is 0 Å². The zero-order valence-corrected chi connectivity index (χ0v) is 10.4. The van der Waals surface area contributed by atoms with Crippen LogP contribution >= 0.6 is 12.2 Å². The summed E-state index contributed by atoms with van der Waals surface area (Å²) in [5.41, 5.74) is 2.54. The van der Waals surface area contributed by atoms with Gasteiger partial charge in [0.1, 0.15) is 5.75 Å². The van der Waals surface area contributed by atoms with Crippen molar-refractivity contribution in [3.05, 3.63) is 33.9 Å². The molecule has 0 heterocycles. The number of nitrogens with zero attached hydrogens (tertiary/aromatic N) is 2. The maximum absolute atomic E-state index is 10.7. The summed E-state index contributed by atoms with van der Waals surface area (Å²) in [5.74, 6) is -0.0729. The number of aromatic hydroxyl groups is 1. The van der Waals surface area contributed by atoms with Gasteiger partial charge in [-0.2, -0.15) is 5.10 Å². The zero-order chi connectivity index (χ0) is 13.5. The minimum atomic E-state index is -0.552. The molecule has 0 aliphatic heterocycles. The van der Waals surface area contributed by atoms with Crippen LogP contribution in [0.25, 0.3) is 0 Å². The van der Waals surface area contributed by atoms with Crippen LogP contribution in [-0.2, 0) is 0 Å². The number of phenols is 1. The summed E-state index contributed by atoms with van der Waals surface area (Å²) in [4.78, 5) is 10.2. The largest absolute Gasteiger partial charge is 0.508 e. The number of nitrogens with one attached hydrogen (secondary N) is 2. The maximum atomic E-state index is 10.7. The predicted molar refractivity (Wildman–Crippen MR) is 71.8 cm³/mol. The number of hydrogen-bond acceptors (Lipinski definition) is 5. The molecule has 0 atom stereocenters. The second kappa shape index (κ2) is 6.50. The minimum Gasteiger partial charge on any atom is -0.508 e. The first-order chi connectivity index (χ1) is 8.54. The summed E-state index contributed by atoms with van der Waals surface area (Å²) in [6, 6.07) is 3.70. The van der Waals surface area contributed by atoms with Crippen LogP contribution in [0.1, 0.15) is 12.5 Å². The Balaban J connectivity index is 2.82. The highest BCUT2D eigenvalue weighted by Gasteiger charge is 2.12. The van der Waals surface area contributed by atoms with Crippen molar-refractivity contribution in [2.45, 2.75) is 6.92 Å². The molecule has 3 N–H and O–H groups in total. The van der Waals surface area contributed by atoms with Crippen LogP contribution in [0.4, 0.5) is 5.69 Å². The number of nitro groups is 1. The van der Waals surface area contributed by atoms with Crippen molar-refractivity contribution in [1.29, 1.82) is 0 Å². The highest BCUT2D eigenvalue weighted by Crippen LogP contribution is 2.21. The molecule has 8 heteroatoms. The molecule has 0 bridgehead atoms. The van der Waals surface area contributed by atoms with E-state index in [-0.39, 0.29) is 17.0 Å². The van der Waals surface area contributed by atoms with E-state index in [2.05, 4.69) is 15.8 Å². The Bertz CT molecular complexity index is 490. The number of thiocarbonyl (C=S) groups is 1. The fourth-order valence-electron chi connectivity index (χ4n) is 1.17. The highest BCUT2D eigenvalue weighted by molar-refractivity contribution is 7.80. The predicted octanol–water partition coefficient (Wildman–Crippen LogP) is 1.12. The van der Waals surface area contributed by atoms with Crippen LogP contribution in [0.2, 0.25) is 0 Å². The number of phenolic OH excluding ortho intramolecular Hbond substituents is 1. The van der Waals surface area contributed by atoms with E-state index in [4.69, 9.17) is 12.2 Å². The molecular weight excluding hydrogens is 256 g/mol. The van der Waals surface area contributed by atoms with E-state index in [0.717, 1.165) is 0 Å². The Kier molecular flexibility index (Phi) is 5.00. The van der Waals surface area contributed by atoms with Gasteiger partial charge >= 0.3 is 0 Å². The van der Waals surface area contributed by atoms with Gasteiger partial charge < -0.3 is 10.4 Å². The first-order valence-corrected chi connectivity index (χ1v) is 5.49. The molecule has 0 aliphatic rings. The van der Waals surface area contributed by atoms with Gasteiger partial charge in [0.15, 0.2) is 5.11 Å². The van der Waals surface area contributed by atoms with Gasteiger partial charge in [-0.1, -0.05) is 0 Å². The van der Waals surface area contributed by atoms with E-state index >= 15 is 0 Å². The summed E-state index contributed by atoms with van der Waals surface area (Å²) in [5, 5.41) is 26.9. The normalized spacial score (nSPS) is 10.3. The summed E-state index contributed by atoms with van der Waals surface area (Å²) in [7, 11) is 0. The lowest BCUT2D eigenvalue weighted by molar-refractivity contribution is -0.385. The van der Waals surface area contributed by atoms with E-state index in [9.17, 15) is 15.2 Å². The Labute approximate surface area is 109 Å². The first kappa shape index (κ1) is 13.8. The van der Waals surface area contributed by atoms with Crippen molar-refractivity contribution in [2.75, 3.05) is 6.54 Å². The summed E-state index contributed by atoms with van der Waals surface area (Å²) in [6.07, 6.45) is 1.22. The molecule has 0 saturated carbocycles. The highest BCUT2D eigenvalue weighted by atomic mass is 32.1. The SMILES string of the molecule is CCNC(=S)N/N=C\c1cc(O)ccc1[N+](=O)[O-]. The molecule has 1 aromatic rings. The van der Waals surface area contributed by atoms with Gasteiger partial charge in [0, 0.05) is 12.6 Å². The maximum Gasteiger partial charge on any atom is 0.278 e. The average Bonchev–Trinajstić information content (AvgIpc) is 2.29. The fraction of sp³-hybridized carbons (Fsp3) is 0.200. The van der Waals surface area contributed by atoms with Gasteiger partial charge in [-0.25, -0.2) is 0 Å². The zero-order valence-electron chi connectivity index (χ0n) is 9.58. The number of benzene rings is 1. The molecule has 0 saturated heterocycles. The van der Waals surface area contributed by atoms with Crippen LogP contribution < -0.4 is 10.7 Å². The van der Waals surface area contributed by atoms with Crippen molar-refractivity contribution < 1.29 is 10.0 Å². The molecular formula is C10H12N4O3S. The summed E-state index contributed by atoms with van der Waals surface area (Å²) < 4.78 is 0. The molecule has 0 radical (unpaired) electrons. The quantitative estimate of drug-likeness (QED) is 0.327. The van der Waals surface area contributed by atoms with E-state index in [0.29, 0.717) is 11.7 Å². The Hall–Kier alpha value is -2.22. The molecule has 1 rings (SSSR count). The molecule has 0 fully saturated rings. The molecule has 0 spiro atoms. The summed E-state index contributed by atoms with van der Waals surface area (Å²) >= 11 is 4.86. The standard InChI is InChI=1S/C10H12N4O3S/c1-2-11-10(18)13-12-6-7-5-8(15)3-4-9(7)14(16)17/h3-6,15H,2H2,1H3,(H2,11,13,18)/b12-6-. The fourth-order valence-corrected chi connectivity index (χ4v) is 1.37. The monoisotopic (exact) mass is 268 g/mol. The second-order valence-corrected chi connectivity index (χ2v) is 3.64. The molecule has 0 aliphatic carbocycles. The van der Waals surface area contributed by atoms with Crippen LogP contribution in [0.15, 0.2) is 23.3 Å². The number of nitro benzene ring substituents is 1. The van der Waals surface area contributed by atoms with Gasteiger partial charge in [0.05, 0.1) is 16.7 Å². The van der Waals surface area contributed by atoms with Gasteiger partial charge in [-0.3, -0.25) is 15.5 Å². The van der Waals surface area contributed by atoms with Crippen LogP contribution in [0, 0.1) is 10.1 Å². The van der Waals surface area contributed by atoms with E-state index in [1.165, 1.54) is 24.4 Å². The topological polar surface area (TPSA) is 99.8 Å². The summed E-state index contributed by atoms with van der Waals surface area (Å²) in [6.45, 7) is 2.52. The second-order valence-electron chi connectivity index (χ2n) is 3.23. The van der Waals surface area contributed by atoms with Crippen LogP contribution in [-0.4, -0.2) is 27.9 Å². The lowest BCUT2D eigenvalue weighted by atomic mass is 10.2. The number of rotatable bonds is 4. The van der Waals surface area contributed by atoms with E-state index in [1.54, 1.807) is 0 Å². The lowest BCUT2D eigenvalue weighted by Crippen LogP contribution is -2.31. The third-order valence-corrected chi connectivity index (χ3v) is 2.15. The average molecular weight is 268 g/mol. The third kappa shape index (κ3) is 3.98. The molecule has 7 nitrogen and oxygen atoms in total. The Morgan fingerprint density at radius 3 is 3.00 bits per heavy atom. The smallest absolute Gasteiger partial charge is 0.278 e. The van der Waals surface area contributed by atoms with Crippen molar-refractivity contribution in [3.63, 3.8) is 0 Å². The van der Waals surface area contributed by atoms with Gasteiger partial charge in [-0.05, 0) is 31.3 Å².